The van der Waals surface area contributed by atoms with Gasteiger partial charge in [-0.2, -0.15) is 0 Å². The van der Waals surface area contributed by atoms with Gasteiger partial charge in [-0.1, -0.05) is 35.5 Å². The normalized spacial score (nSPS) is 10.8. The highest BCUT2D eigenvalue weighted by Crippen LogP contribution is 2.21. The largest absolute Gasteiger partial charge is 0.379 e. The number of halogens is 2. The second-order valence-electron chi connectivity index (χ2n) is 6.37. The minimum atomic E-state index is -0.866. The van der Waals surface area contributed by atoms with Gasteiger partial charge in [0.1, 0.15) is 0 Å². The molecule has 1 N–H and O–H groups in total. The van der Waals surface area contributed by atoms with Crippen molar-refractivity contribution >= 4 is 5.69 Å². The third-order valence-corrected chi connectivity index (χ3v) is 4.35. The lowest BCUT2D eigenvalue weighted by Gasteiger charge is -2.08. The van der Waals surface area contributed by atoms with E-state index in [0.717, 1.165) is 28.5 Å². The molecule has 2 heterocycles. The SMILES string of the molecule is Fc1cccc(NCc2ccc(Cc3cc(-c4cccnc4)on3)cc2)c1F. The number of rotatable bonds is 6. The molecule has 0 aliphatic heterocycles. The highest BCUT2D eigenvalue weighted by molar-refractivity contribution is 5.55. The number of anilines is 1. The van der Waals surface area contributed by atoms with Gasteiger partial charge in [0.05, 0.1) is 11.4 Å². The van der Waals surface area contributed by atoms with E-state index in [0.29, 0.717) is 18.7 Å². The van der Waals surface area contributed by atoms with Crippen LogP contribution in [0, 0.1) is 11.6 Å². The fourth-order valence-corrected chi connectivity index (χ4v) is 2.86. The Kier molecular flexibility index (Phi) is 5.10. The fraction of sp³-hybridized carbons (Fsp3) is 0.0909. The summed E-state index contributed by atoms with van der Waals surface area (Å²) in [6, 6.07) is 17.6. The van der Waals surface area contributed by atoms with Crippen molar-refractivity contribution in [3.05, 3.63) is 102 Å². The molecule has 0 saturated carbocycles. The lowest BCUT2D eigenvalue weighted by atomic mass is 10.1. The Hall–Kier alpha value is -3.54. The third kappa shape index (κ3) is 4.06. The first-order chi connectivity index (χ1) is 13.7. The molecule has 0 atom stereocenters. The predicted octanol–water partition coefficient (Wildman–Crippen LogP) is 5.22. The van der Waals surface area contributed by atoms with Gasteiger partial charge in [-0.25, -0.2) is 8.78 Å². The van der Waals surface area contributed by atoms with E-state index in [1.807, 2.05) is 42.5 Å². The molecule has 0 saturated heterocycles. The van der Waals surface area contributed by atoms with Crippen LogP contribution in [0.25, 0.3) is 11.3 Å². The Balaban J connectivity index is 1.38. The van der Waals surface area contributed by atoms with Crippen molar-refractivity contribution in [2.75, 3.05) is 5.32 Å². The molecule has 2 aromatic carbocycles. The number of pyridine rings is 1. The summed E-state index contributed by atoms with van der Waals surface area (Å²) in [4.78, 5) is 4.08. The Morgan fingerprint density at radius 2 is 1.75 bits per heavy atom. The molecule has 0 radical (unpaired) electrons. The number of hydrogen-bond acceptors (Lipinski definition) is 4. The van der Waals surface area contributed by atoms with E-state index in [-0.39, 0.29) is 5.69 Å². The second kappa shape index (κ2) is 8.00. The molecular formula is C22H17F2N3O. The number of nitrogens with zero attached hydrogens (tertiary/aromatic N) is 2. The second-order valence-corrected chi connectivity index (χ2v) is 6.37. The van der Waals surface area contributed by atoms with Gasteiger partial charge in [0, 0.05) is 37.0 Å². The van der Waals surface area contributed by atoms with Crippen LogP contribution in [0.15, 0.2) is 77.6 Å². The van der Waals surface area contributed by atoms with Crippen LogP contribution in [0.2, 0.25) is 0 Å². The highest BCUT2D eigenvalue weighted by Gasteiger charge is 2.09. The van der Waals surface area contributed by atoms with Gasteiger partial charge in [0.25, 0.3) is 0 Å². The van der Waals surface area contributed by atoms with Crippen LogP contribution in [0.5, 0.6) is 0 Å². The number of hydrogen-bond donors (Lipinski definition) is 1. The summed E-state index contributed by atoms with van der Waals surface area (Å²) < 4.78 is 32.3. The summed E-state index contributed by atoms with van der Waals surface area (Å²) in [7, 11) is 0. The van der Waals surface area contributed by atoms with Gasteiger partial charge in [0.2, 0.25) is 0 Å². The van der Waals surface area contributed by atoms with Crippen molar-refractivity contribution in [2.24, 2.45) is 0 Å². The molecule has 0 unspecified atom stereocenters. The summed E-state index contributed by atoms with van der Waals surface area (Å²) in [6.45, 7) is 0.399. The molecule has 0 bridgehead atoms. The first kappa shape index (κ1) is 17.9. The van der Waals surface area contributed by atoms with Crippen molar-refractivity contribution in [1.29, 1.82) is 0 Å². The molecule has 0 fully saturated rings. The number of benzene rings is 2. The molecule has 4 aromatic rings. The Morgan fingerprint density at radius 3 is 2.54 bits per heavy atom. The summed E-state index contributed by atoms with van der Waals surface area (Å²) in [6.07, 6.45) is 4.07. The van der Waals surface area contributed by atoms with E-state index in [9.17, 15) is 8.78 Å². The molecule has 0 aliphatic rings. The van der Waals surface area contributed by atoms with E-state index in [1.165, 1.54) is 12.1 Å². The Morgan fingerprint density at radius 1 is 0.929 bits per heavy atom. The van der Waals surface area contributed by atoms with Crippen LogP contribution in [-0.4, -0.2) is 10.1 Å². The maximum absolute atomic E-state index is 13.7. The van der Waals surface area contributed by atoms with Crippen molar-refractivity contribution in [3.8, 4) is 11.3 Å². The van der Waals surface area contributed by atoms with Gasteiger partial charge < -0.3 is 9.84 Å². The maximum Gasteiger partial charge on any atom is 0.181 e. The smallest absolute Gasteiger partial charge is 0.181 e. The fourth-order valence-electron chi connectivity index (χ4n) is 2.86. The number of nitrogens with one attached hydrogen (secondary N) is 1. The lowest BCUT2D eigenvalue weighted by Crippen LogP contribution is -2.02. The molecular weight excluding hydrogens is 360 g/mol. The van der Waals surface area contributed by atoms with Gasteiger partial charge in [-0.15, -0.1) is 0 Å². The van der Waals surface area contributed by atoms with Crippen LogP contribution in [-0.2, 0) is 13.0 Å². The van der Waals surface area contributed by atoms with E-state index < -0.39 is 11.6 Å². The van der Waals surface area contributed by atoms with Crippen LogP contribution < -0.4 is 5.32 Å². The number of aromatic nitrogens is 2. The highest BCUT2D eigenvalue weighted by atomic mass is 19.2. The molecule has 4 rings (SSSR count). The van der Waals surface area contributed by atoms with Gasteiger partial charge in [0.15, 0.2) is 17.4 Å². The van der Waals surface area contributed by atoms with E-state index >= 15 is 0 Å². The quantitative estimate of drug-likeness (QED) is 0.501. The van der Waals surface area contributed by atoms with Gasteiger partial charge in [-0.05, 0) is 35.4 Å². The van der Waals surface area contributed by atoms with Crippen LogP contribution in [0.4, 0.5) is 14.5 Å². The third-order valence-electron chi connectivity index (χ3n) is 4.35. The summed E-state index contributed by atoms with van der Waals surface area (Å²) in [5.74, 6) is -1.05. The molecule has 4 nitrogen and oxygen atoms in total. The van der Waals surface area contributed by atoms with Crippen molar-refractivity contribution < 1.29 is 13.3 Å². The predicted molar refractivity (Wildman–Crippen MR) is 103 cm³/mol. The summed E-state index contributed by atoms with van der Waals surface area (Å²) >= 11 is 0. The topological polar surface area (TPSA) is 51.0 Å². The van der Waals surface area contributed by atoms with Crippen molar-refractivity contribution in [3.63, 3.8) is 0 Å². The van der Waals surface area contributed by atoms with Crippen LogP contribution in [0.3, 0.4) is 0 Å². The molecule has 2 aromatic heterocycles. The Labute approximate surface area is 160 Å². The lowest BCUT2D eigenvalue weighted by molar-refractivity contribution is 0.425. The first-order valence-electron chi connectivity index (χ1n) is 8.81. The maximum atomic E-state index is 13.7. The standard InChI is InChI=1S/C22H17F2N3O/c23-19-4-1-5-20(22(19)24)26-13-16-8-6-15(7-9-16)11-18-12-21(28-27-18)17-3-2-10-25-14-17/h1-10,12,14,26H,11,13H2. The van der Waals surface area contributed by atoms with E-state index in [1.54, 1.807) is 12.4 Å². The molecule has 28 heavy (non-hydrogen) atoms. The van der Waals surface area contributed by atoms with Gasteiger partial charge >= 0.3 is 0 Å². The molecule has 0 aliphatic carbocycles. The molecule has 140 valence electrons. The Bertz CT molecular complexity index is 1060. The van der Waals surface area contributed by atoms with E-state index in [2.05, 4.69) is 15.5 Å². The monoisotopic (exact) mass is 377 g/mol. The van der Waals surface area contributed by atoms with E-state index in [4.69, 9.17) is 4.52 Å². The minimum Gasteiger partial charge on any atom is -0.379 e. The average molecular weight is 377 g/mol. The molecule has 6 heteroatoms. The molecule has 0 spiro atoms. The summed E-state index contributed by atoms with van der Waals surface area (Å²) in [5.41, 5.74) is 3.89. The summed E-state index contributed by atoms with van der Waals surface area (Å²) in [5, 5.41) is 7.02. The zero-order chi connectivity index (χ0) is 19.3. The average Bonchev–Trinajstić information content (AvgIpc) is 3.19. The van der Waals surface area contributed by atoms with Crippen molar-refractivity contribution in [2.45, 2.75) is 13.0 Å². The zero-order valence-electron chi connectivity index (χ0n) is 14.9. The van der Waals surface area contributed by atoms with Crippen LogP contribution in [0.1, 0.15) is 16.8 Å². The first-order valence-corrected chi connectivity index (χ1v) is 8.81. The minimum absolute atomic E-state index is 0.148. The molecule has 0 amide bonds. The zero-order valence-corrected chi connectivity index (χ0v) is 14.9. The van der Waals surface area contributed by atoms with Gasteiger partial charge in [-0.3, -0.25) is 4.98 Å². The van der Waals surface area contributed by atoms with Crippen molar-refractivity contribution in [1.82, 2.24) is 10.1 Å². The van der Waals surface area contributed by atoms with Crippen LogP contribution >= 0.6 is 0 Å².